The number of carbonyl (C=O) groups is 1. The van der Waals surface area contributed by atoms with Crippen molar-refractivity contribution in [1.29, 1.82) is 0 Å². The topological polar surface area (TPSA) is 72.6 Å². The molecular weight excluding hydrogens is 416 g/mol. The van der Waals surface area contributed by atoms with Gasteiger partial charge in [0.2, 0.25) is 5.76 Å². The van der Waals surface area contributed by atoms with Crippen molar-refractivity contribution in [1.82, 2.24) is 4.98 Å². The quantitative estimate of drug-likeness (QED) is 0.405. The summed E-state index contributed by atoms with van der Waals surface area (Å²) < 4.78 is 11.6. The van der Waals surface area contributed by atoms with Crippen LogP contribution in [0.1, 0.15) is 38.9 Å². The molecule has 2 aromatic heterocycles. The van der Waals surface area contributed by atoms with Crippen molar-refractivity contribution in [3.63, 3.8) is 0 Å². The molecule has 0 saturated heterocycles. The third kappa shape index (κ3) is 3.40. The average Bonchev–Trinajstić information content (AvgIpc) is 3.12. The molecule has 1 amide bonds. The summed E-state index contributed by atoms with van der Waals surface area (Å²) in [7, 11) is 0. The minimum Gasteiger partial charge on any atom is -0.490 e. The third-order valence-electron chi connectivity index (χ3n) is 5.95. The number of carbonyl (C=O) groups excluding carboxylic acids is 1. The molecule has 5 rings (SSSR count). The van der Waals surface area contributed by atoms with Gasteiger partial charge in [-0.3, -0.25) is 14.5 Å². The second-order valence-electron chi connectivity index (χ2n) is 8.04. The second-order valence-corrected chi connectivity index (χ2v) is 8.04. The summed E-state index contributed by atoms with van der Waals surface area (Å²) in [4.78, 5) is 33.2. The van der Waals surface area contributed by atoms with Gasteiger partial charge in [-0.25, -0.2) is 4.98 Å². The number of amides is 1. The largest absolute Gasteiger partial charge is 0.490 e. The number of nitrogens with zero attached hydrogens (tertiary/aromatic N) is 2. The molecule has 0 bridgehead atoms. The molecule has 164 valence electrons. The van der Waals surface area contributed by atoms with Crippen LogP contribution < -0.4 is 15.1 Å². The Kier molecular flexibility index (Phi) is 5.05. The molecule has 0 aliphatic carbocycles. The molecule has 2 aromatic carbocycles. The van der Waals surface area contributed by atoms with E-state index in [4.69, 9.17) is 9.15 Å². The molecule has 33 heavy (non-hydrogen) atoms. The van der Waals surface area contributed by atoms with Crippen molar-refractivity contribution in [3.05, 3.63) is 112 Å². The Balaban J connectivity index is 1.74. The van der Waals surface area contributed by atoms with Crippen molar-refractivity contribution in [2.24, 2.45) is 0 Å². The Morgan fingerprint density at radius 3 is 2.55 bits per heavy atom. The fourth-order valence-corrected chi connectivity index (χ4v) is 4.18. The highest BCUT2D eigenvalue weighted by atomic mass is 16.5. The molecule has 0 N–H and O–H groups in total. The van der Waals surface area contributed by atoms with Crippen LogP contribution in [0.2, 0.25) is 0 Å². The lowest BCUT2D eigenvalue weighted by Gasteiger charge is -2.24. The maximum absolute atomic E-state index is 13.7. The smallest absolute Gasteiger partial charge is 0.296 e. The van der Waals surface area contributed by atoms with Crippen LogP contribution >= 0.6 is 0 Å². The Bertz CT molecular complexity index is 1440. The maximum atomic E-state index is 13.7. The van der Waals surface area contributed by atoms with E-state index in [0.717, 1.165) is 16.7 Å². The van der Waals surface area contributed by atoms with Gasteiger partial charge in [0.25, 0.3) is 5.91 Å². The number of pyridine rings is 1. The van der Waals surface area contributed by atoms with E-state index in [9.17, 15) is 9.59 Å². The number of aromatic nitrogens is 1. The zero-order valence-electron chi connectivity index (χ0n) is 18.4. The zero-order chi connectivity index (χ0) is 23.1. The molecule has 0 spiro atoms. The lowest BCUT2D eigenvalue weighted by molar-refractivity contribution is 0.0970. The first-order valence-corrected chi connectivity index (χ1v) is 10.7. The second kappa shape index (κ2) is 8.06. The molecule has 4 aromatic rings. The highest BCUT2D eigenvalue weighted by Gasteiger charge is 2.44. The number of ether oxygens (including phenoxy) is 1. The van der Waals surface area contributed by atoms with Crippen LogP contribution in [-0.4, -0.2) is 17.5 Å². The molecule has 1 aliphatic heterocycles. The van der Waals surface area contributed by atoms with Crippen LogP contribution in [0.3, 0.4) is 0 Å². The number of benzene rings is 2. The first-order valence-electron chi connectivity index (χ1n) is 10.7. The summed E-state index contributed by atoms with van der Waals surface area (Å²) in [6.07, 6.45) is 3.29. The van der Waals surface area contributed by atoms with Crippen LogP contribution in [0.15, 0.2) is 82.7 Å². The summed E-state index contributed by atoms with van der Waals surface area (Å²) in [6.45, 7) is 7.94. The molecule has 1 atom stereocenters. The van der Waals surface area contributed by atoms with E-state index >= 15 is 0 Å². The fraction of sp³-hybridized carbons (Fsp3) is 0.148. The van der Waals surface area contributed by atoms with Gasteiger partial charge in [0, 0.05) is 6.20 Å². The van der Waals surface area contributed by atoms with Crippen LogP contribution in [0.5, 0.6) is 5.75 Å². The molecule has 1 aliphatic rings. The molecule has 3 heterocycles. The lowest BCUT2D eigenvalue weighted by Crippen LogP contribution is -2.30. The van der Waals surface area contributed by atoms with E-state index in [1.54, 1.807) is 30.5 Å². The van der Waals surface area contributed by atoms with Crippen molar-refractivity contribution in [3.8, 4) is 5.75 Å². The molecule has 0 radical (unpaired) electrons. The predicted molar refractivity (Wildman–Crippen MR) is 127 cm³/mol. The van der Waals surface area contributed by atoms with Crippen molar-refractivity contribution < 1.29 is 13.9 Å². The van der Waals surface area contributed by atoms with Gasteiger partial charge in [-0.15, -0.1) is 0 Å². The summed E-state index contributed by atoms with van der Waals surface area (Å²) >= 11 is 0. The zero-order valence-corrected chi connectivity index (χ0v) is 18.4. The highest BCUT2D eigenvalue weighted by molar-refractivity contribution is 6.10. The van der Waals surface area contributed by atoms with Gasteiger partial charge >= 0.3 is 0 Å². The lowest BCUT2D eigenvalue weighted by atomic mass is 9.97. The summed E-state index contributed by atoms with van der Waals surface area (Å²) in [5.41, 5.74) is 3.25. The van der Waals surface area contributed by atoms with Crippen LogP contribution in [0, 0.1) is 13.8 Å². The number of hydrogen-bond acceptors (Lipinski definition) is 5. The first kappa shape index (κ1) is 20.7. The maximum Gasteiger partial charge on any atom is 0.296 e. The Morgan fingerprint density at radius 2 is 1.85 bits per heavy atom. The fourth-order valence-electron chi connectivity index (χ4n) is 4.18. The van der Waals surface area contributed by atoms with Gasteiger partial charge in [-0.2, -0.15) is 0 Å². The molecule has 0 saturated carbocycles. The molecule has 6 heteroatoms. The van der Waals surface area contributed by atoms with Gasteiger partial charge in [0.05, 0.1) is 17.0 Å². The molecule has 0 unspecified atom stereocenters. The Labute approximate surface area is 190 Å². The number of anilines is 1. The predicted octanol–water partition coefficient (Wildman–Crippen LogP) is 5.12. The average molecular weight is 438 g/mol. The van der Waals surface area contributed by atoms with Gasteiger partial charge < -0.3 is 9.15 Å². The SMILES string of the molecule is C=CCOc1ccc([C@@H]2c3c(oc4cc(C)c(C)cc4c3=O)C(=O)N2c2ccccn2)cc1. The van der Waals surface area contributed by atoms with Gasteiger partial charge in [0.15, 0.2) is 5.43 Å². The highest BCUT2D eigenvalue weighted by Crippen LogP contribution is 2.41. The van der Waals surface area contributed by atoms with Crippen LogP contribution in [0.4, 0.5) is 5.82 Å². The van der Waals surface area contributed by atoms with Crippen molar-refractivity contribution in [2.45, 2.75) is 19.9 Å². The van der Waals surface area contributed by atoms with Crippen LogP contribution in [0.25, 0.3) is 11.0 Å². The van der Waals surface area contributed by atoms with E-state index in [2.05, 4.69) is 11.6 Å². The van der Waals surface area contributed by atoms with Gasteiger partial charge in [0.1, 0.15) is 23.8 Å². The van der Waals surface area contributed by atoms with E-state index in [-0.39, 0.29) is 11.2 Å². The van der Waals surface area contributed by atoms with E-state index < -0.39 is 11.9 Å². The Hall–Kier alpha value is -4.19. The summed E-state index contributed by atoms with van der Waals surface area (Å²) in [5.74, 6) is 0.780. The van der Waals surface area contributed by atoms with Crippen molar-refractivity contribution in [2.75, 3.05) is 11.5 Å². The molecule has 6 nitrogen and oxygen atoms in total. The standard InChI is InChI=1S/C27H22N2O4/c1-4-13-32-19-10-8-18(9-11-19)24-23-25(30)20-14-16(2)17(3)15-21(20)33-26(23)27(31)29(24)22-7-5-6-12-28-22/h4-12,14-15,24H,1,13H2,2-3H3/t24-/m1/s1. The number of fused-ring (bicyclic) bond motifs is 2. The number of hydrogen-bond donors (Lipinski definition) is 0. The molecule has 0 fully saturated rings. The summed E-state index contributed by atoms with van der Waals surface area (Å²) in [5, 5.41) is 0.462. The Morgan fingerprint density at radius 1 is 1.09 bits per heavy atom. The van der Waals surface area contributed by atoms with E-state index in [1.165, 1.54) is 4.90 Å². The van der Waals surface area contributed by atoms with Gasteiger partial charge in [-0.1, -0.05) is 30.9 Å². The minimum atomic E-state index is -0.668. The monoisotopic (exact) mass is 438 g/mol. The third-order valence-corrected chi connectivity index (χ3v) is 5.95. The van der Waals surface area contributed by atoms with Crippen LogP contribution in [-0.2, 0) is 0 Å². The van der Waals surface area contributed by atoms with Gasteiger partial charge in [-0.05, 0) is 66.9 Å². The normalized spacial score (nSPS) is 15.0. The van der Waals surface area contributed by atoms with Crippen molar-refractivity contribution >= 4 is 22.7 Å². The van der Waals surface area contributed by atoms with E-state index in [1.807, 2.05) is 50.2 Å². The number of rotatable bonds is 5. The summed E-state index contributed by atoms with van der Waals surface area (Å²) in [6, 6.07) is 15.6. The molecular formula is C27H22N2O4. The minimum absolute atomic E-state index is 0.0541. The first-order chi connectivity index (χ1) is 16.0. The number of aryl methyl sites for hydroxylation is 2. The van der Waals surface area contributed by atoms with E-state index in [0.29, 0.717) is 34.7 Å².